The van der Waals surface area contributed by atoms with E-state index in [2.05, 4.69) is 9.97 Å². The highest BCUT2D eigenvalue weighted by Crippen LogP contribution is 2.36. The van der Waals surface area contributed by atoms with Gasteiger partial charge < -0.3 is 10.7 Å². The average Bonchev–Trinajstić information content (AvgIpc) is 2.56. The third-order valence-electron chi connectivity index (χ3n) is 2.49. The maximum Gasteiger partial charge on any atom is 0.417 e. The fourth-order valence-electron chi connectivity index (χ4n) is 1.55. The van der Waals surface area contributed by atoms with Crippen LogP contribution >= 0.6 is 11.6 Å². The van der Waals surface area contributed by atoms with Gasteiger partial charge in [0.05, 0.1) is 27.2 Å². The monoisotopic (exact) mass is 277 g/mol. The first-order chi connectivity index (χ1) is 8.09. The molecule has 0 aliphatic heterocycles. The lowest BCUT2D eigenvalue weighted by Crippen LogP contribution is -2.30. The van der Waals surface area contributed by atoms with Crippen molar-refractivity contribution in [3.63, 3.8) is 0 Å². The van der Waals surface area contributed by atoms with E-state index in [1.54, 1.807) is 13.8 Å². The number of fused-ring (bicyclic) bond motifs is 1. The van der Waals surface area contributed by atoms with Gasteiger partial charge in [0.1, 0.15) is 5.82 Å². The number of benzene rings is 1. The van der Waals surface area contributed by atoms with Crippen molar-refractivity contribution in [2.45, 2.75) is 25.6 Å². The normalized spacial score (nSPS) is 13.3. The van der Waals surface area contributed by atoms with E-state index in [1.165, 1.54) is 6.07 Å². The summed E-state index contributed by atoms with van der Waals surface area (Å²) in [7, 11) is 0. The summed E-state index contributed by atoms with van der Waals surface area (Å²) in [6.45, 7) is 3.41. The molecule has 0 saturated carbocycles. The molecule has 0 atom stereocenters. The maximum atomic E-state index is 12.7. The van der Waals surface area contributed by atoms with Crippen LogP contribution in [0.15, 0.2) is 12.1 Å². The number of aromatic amines is 1. The van der Waals surface area contributed by atoms with Crippen LogP contribution in [0.2, 0.25) is 5.02 Å². The summed E-state index contributed by atoms with van der Waals surface area (Å²) in [5.41, 5.74) is 4.81. The van der Waals surface area contributed by atoms with Crippen molar-refractivity contribution in [3.8, 4) is 0 Å². The van der Waals surface area contributed by atoms with E-state index in [-0.39, 0.29) is 10.5 Å². The van der Waals surface area contributed by atoms with E-state index in [4.69, 9.17) is 17.3 Å². The van der Waals surface area contributed by atoms with Crippen LogP contribution in [0.4, 0.5) is 13.2 Å². The molecule has 1 aromatic carbocycles. The summed E-state index contributed by atoms with van der Waals surface area (Å²) in [6.07, 6.45) is -4.49. The molecule has 0 unspecified atom stereocenters. The lowest BCUT2D eigenvalue weighted by Gasteiger charge is -2.14. The second kappa shape index (κ2) is 3.86. The lowest BCUT2D eigenvalue weighted by molar-refractivity contribution is -0.137. The molecule has 0 spiro atoms. The number of H-pyrrole nitrogens is 1. The molecule has 3 N–H and O–H groups in total. The van der Waals surface area contributed by atoms with Gasteiger partial charge in [-0.15, -0.1) is 0 Å². The quantitative estimate of drug-likeness (QED) is 0.839. The standard InChI is InChI=1S/C11H11ClF3N3/c1-10(2,16)9-17-7-3-5(11(13,14)15)6(12)4-8(7)18-9/h3-4H,16H2,1-2H3,(H,17,18). The molecule has 0 saturated heterocycles. The summed E-state index contributed by atoms with van der Waals surface area (Å²) < 4.78 is 38.0. The van der Waals surface area contributed by atoms with Gasteiger partial charge in [-0.2, -0.15) is 13.2 Å². The number of nitrogens with one attached hydrogen (secondary N) is 1. The number of alkyl halides is 3. The predicted octanol–water partition coefficient (Wildman–Crippen LogP) is 3.43. The largest absolute Gasteiger partial charge is 0.417 e. The van der Waals surface area contributed by atoms with Gasteiger partial charge in [-0.3, -0.25) is 0 Å². The zero-order chi connectivity index (χ0) is 13.7. The number of hydrogen-bond acceptors (Lipinski definition) is 2. The Kier molecular flexibility index (Phi) is 2.82. The highest BCUT2D eigenvalue weighted by atomic mass is 35.5. The van der Waals surface area contributed by atoms with E-state index in [1.807, 2.05) is 0 Å². The molecule has 2 rings (SSSR count). The van der Waals surface area contributed by atoms with Crippen LogP contribution in [0.25, 0.3) is 11.0 Å². The molecular weight excluding hydrogens is 267 g/mol. The molecule has 1 heterocycles. The highest BCUT2D eigenvalue weighted by molar-refractivity contribution is 6.32. The van der Waals surface area contributed by atoms with Crippen molar-refractivity contribution in [2.75, 3.05) is 0 Å². The summed E-state index contributed by atoms with van der Waals surface area (Å²) in [6, 6.07) is 2.13. The first kappa shape index (κ1) is 13.2. The van der Waals surface area contributed by atoms with Crippen molar-refractivity contribution < 1.29 is 13.2 Å². The second-order valence-electron chi connectivity index (χ2n) is 4.65. The van der Waals surface area contributed by atoms with Crippen LogP contribution < -0.4 is 5.73 Å². The Hall–Kier alpha value is -1.27. The molecular formula is C11H11ClF3N3. The van der Waals surface area contributed by atoms with Crippen molar-refractivity contribution in [2.24, 2.45) is 5.73 Å². The van der Waals surface area contributed by atoms with Gasteiger partial charge in [-0.1, -0.05) is 11.6 Å². The van der Waals surface area contributed by atoms with Crippen LogP contribution in [0.1, 0.15) is 25.2 Å². The van der Waals surface area contributed by atoms with E-state index < -0.39 is 17.3 Å². The Morgan fingerprint density at radius 3 is 2.39 bits per heavy atom. The number of nitrogens with two attached hydrogens (primary N) is 1. The van der Waals surface area contributed by atoms with Crippen molar-refractivity contribution in [3.05, 3.63) is 28.5 Å². The first-order valence-corrected chi connectivity index (χ1v) is 5.52. The van der Waals surface area contributed by atoms with Crippen LogP contribution in [-0.4, -0.2) is 9.97 Å². The minimum Gasteiger partial charge on any atom is -0.340 e. The minimum absolute atomic E-state index is 0.264. The summed E-state index contributed by atoms with van der Waals surface area (Å²) in [5, 5.41) is -0.372. The molecule has 0 aliphatic carbocycles. The van der Waals surface area contributed by atoms with Gasteiger partial charge in [0.25, 0.3) is 0 Å². The molecule has 3 nitrogen and oxygen atoms in total. The van der Waals surface area contributed by atoms with Crippen LogP contribution in [-0.2, 0) is 11.7 Å². The molecule has 18 heavy (non-hydrogen) atoms. The number of halogens is 4. The Bertz CT molecular complexity index is 596. The van der Waals surface area contributed by atoms with E-state index >= 15 is 0 Å². The van der Waals surface area contributed by atoms with Crippen LogP contribution in [0, 0.1) is 0 Å². The van der Waals surface area contributed by atoms with Gasteiger partial charge >= 0.3 is 6.18 Å². The summed E-state index contributed by atoms with van der Waals surface area (Å²) in [4.78, 5) is 6.92. The van der Waals surface area contributed by atoms with Crippen LogP contribution in [0.3, 0.4) is 0 Å². The van der Waals surface area contributed by atoms with Crippen molar-refractivity contribution >= 4 is 22.6 Å². The molecule has 2 aromatic rings. The van der Waals surface area contributed by atoms with Gasteiger partial charge in [-0.25, -0.2) is 4.98 Å². The number of aromatic nitrogens is 2. The molecule has 0 aliphatic rings. The van der Waals surface area contributed by atoms with E-state index in [9.17, 15) is 13.2 Å². The minimum atomic E-state index is -4.49. The highest BCUT2D eigenvalue weighted by Gasteiger charge is 2.34. The molecule has 7 heteroatoms. The fourth-order valence-corrected chi connectivity index (χ4v) is 1.82. The zero-order valence-corrected chi connectivity index (χ0v) is 10.4. The number of imidazole rings is 1. The summed E-state index contributed by atoms with van der Waals surface area (Å²) in [5.74, 6) is 0.410. The average molecular weight is 278 g/mol. The SMILES string of the molecule is CC(C)(N)c1nc2cc(Cl)c(C(F)(F)F)cc2[nH]1. The molecule has 98 valence electrons. The van der Waals surface area contributed by atoms with Gasteiger partial charge in [0.15, 0.2) is 0 Å². The van der Waals surface area contributed by atoms with Gasteiger partial charge in [0.2, 0.25) is 0 Å². The van der Waals surface area contributed by atoms with Gasteiger partial charge in [0, 0.05) is 0 Å². The zero-order valence-electron chi connectivity index (χ0n) is 9.69. The predicted molar refractivity (Wildman–Crippen MR) is 63.3 cm³/mol. The van der Waals surface area contributed by atoms with Crippen molar-refractivity contribution in [1.82, 2.24) is 9.97 Å². The van der Waals surface area contributed by atoms with Gasteiger partial charge in [-0.05, 0) is 26.0 Å². The second-order valence-corrected chi connectivity index (χ2v) is 5.06. The molecule has 0 amide bonds. The van der Waals surface area contributed by atoms with Crippen LogP contribution in [0.5, 0.6) is 0 Å². The van der Waals surface area contributed by atoms with E-state index in [0.717, 1.165) is 6.07 Å². The third-order valence-corrected chi connectivity index (χ3v) is 2.80. The smallest absolute Gasteiger partial charge is 0.340 e. The fraction of sp³-hybridized carbons (Fsp3) is 0.364. The van der Waals surface area contributed by atoms with E-state index in [0.29, 0.717) is 11.3 Å². The maximum absolute atomic E-state index is 12.7. The Morgan fingerprint density at radius 2 is 1.89 bits per heavy atom. The topological polar surface area (TPSA) is 54.7 Å². The number of rotatable bonds is 1. The molecule has 0 radical (unpaired) electrons. The first-order valence-electron chi connectivity index (χ1n) is 5.15. The molecule has 0 fully saturated rings. The third kappa shape index (κ3) is 2.30. The Labute approximate surface area is 106 Å². The molecule has 1 aromatic heterocycles. The number of nitrogens with zero attached hydrogens (tertiary/aromatic N) is 1. The Balaban J connectivity index is 2.65. The summed E-state index contributed by atoms with van der Waals surface area (Å²) >= 11 is 5.61. The Morgan fingerprint density at radius 1 is 1.28 bits per heavy atom. The molecule has 0 bridgehead atoms. The number of hydrogen-bond donors (Lipinski definition) is 2. The lowest BCUT2D eigenvalue weighted by atomic mass is 10.1. The van der Waals surface area contributed by atoms with Crippen molar-refractivity contribution in [1.29, 1.82) is 0 Å².